The fourth-order valence-electron chi connectivity index (χ4n) is 3.10. The molecule has 1 heterocycles. The summed E-state index contributed by atoms with van der Waals surface area (Å²) in [5.41, 5.74) is 1.000. The molecule has 1 amide bonds. The number of benzene rings is 1. The van der Waals surface area contributed by atoms with E-state index in [1.54, 1.807) is 13.0 Å². The summed E-state index contributed by atoms with van der Waals surface area (Å²) in [4.78, 5) is 24.8. The number of likely N-dealkylation sites (tertiary alicyclic amines) is 1. The summed E-state index contributed by atoms with van der Waals surface area (Å²) in [6.45, 7) is 4.48. The van der Waals surface area contributed by atoms with Gasteiger partial charge in [-0.05, 0) is 51.3 Å². The summed E-state index contributed by atoms with van der Waals surface area (Å²) in [6, 6.07) is 4.60. The second-order valence-corrected chi connectivity index (χ2v) is 6.23. The number of aryl methyl sites for hydroxylation is 1. The Morgan fingerprint density at radius 1 is 1.46 bits per heavy atom. The van der Waals surface area contributed by atoms with Crippen molar-refractivity contribution in [2.75, 3.05) is 26.2 Å². The van der Waals surface area contributed by atoms with Crippen LogP contribution in [0.25, 0.3) is 0 Å². The van der Waals surface area contributed by atoms with E-state index in [0.717, 1.165) is 44.3 Å². The summed E-state index contributed by atoms with van der Waals surface area (Å²) in [5, 5.41) is 22.9. The van der Waals surface area contributed by atoms with E-state index in [1.165, 1.54) is 12.1 Å². The van der Waals surface area contributed by atoms with Crippen molar-refractivity contribution in [3.05, 3.63) is 39.4 Å². The van der Waals surface area contributed by atoms with Crippen LogP contribution in [0.1, 0.15) is 41.6 Å². The Hall–Kier alpha value is -1.99. The molecule has 7 heteroatoms. The number of rotatable bonds is 8. The molecule has 0 aromatic heterocycles. The van der Waals surface area contributed by atoms with Crippen molar-refractivity contribution in [1.29, 1.82) is 0 Å². The molecule has 0 saturated carbocycles. The number of nitrogens with one attached hydrogen (secondary N) is 1. The minimum Gasteiger partial charge on any atom is -0.395 e. The zero-order valence-corrected chi connectivity index (χ0v) is 14.0. The van der Waals surface area contributed by atoms with Crippen LogP contribution in [0, 0.1) is 17.0 Å². The summed E-state index contributed by atoms with van der Waals surface area (Å²) in [5.74, 6) is -0.273. The van der Waals surface area contributed by atoms with Crippen LogP contribution in [-0.2, 0) is 0 Å². The Morgan fingerprint density at radius 2 is 2.25 bits per heavy atom. The van der Waals surface area contributed by atoms with E-state index in [-0.39, 0.29) is 24.2 Å². The molecule has 1 aliphatic rings. The molecule has 1 aromatic rings. The third-order valence-corrected chi connectivity index (χ3v) is 4.54. The fourth-order valence-corrected chi connectivity index (χ4v) is 3.10. The summed E-state index contributed by atoms with van der Waals surface area (Å²) >= 11 is 0. The van der Waals surface area contributed by atoms with Gasteiger partial charge >= 0.3 is 0 Å². The molecule has 1 fully saturated rings. The Labute approximate surface area is 141 Å². The maximum atomic E-state index is 12.2. The minimum atomic E-state index is -0.496. The molecule has 1 saturated heterocycles. The largest absolute Gasteiger partial charge is 0.395 e. The number of nitro groups is 1. The van der Waals surface area contributed by atoms with Gasteiger partial charge in [-0.2, -0.15) is 0 Å². The van der Waals surface area contributed by atoms with Crippen LogP contribution in [0.3, 0.4) is 0 Å². The van der Waals surface area contributed by atoms with E-state index in [0.29, 0.717) is 12.1 Å². The number of hydrogen-bond donors (Lipinski definition) is 2. The maximum Gasteiger partial charge on any atom is 0.270 e. The molecule has 0 bridgehead atoms. The standard InChI is InChI=1S/C17H25N3O4/c1-13-6-7-14(20(23)24)11-16(13)17(22)18-8-2-3-9-19-10-4-5-15(19)12-21/h6-7,11,15,21H,2-5,8-10,12H2,1H3,(H,18,22). The predicted molar refractivity (Wildman–Crippen MR) is 91.1 cm³/mol. The molecular weight excluding hydrogens is 310 g/mol. The lowest BCUT2D eigenvalue weighted by Gasteiger charge is -2.22. The van der Waals surface area contributed by atoms with E-state index >= 15 is 0 Å². The molecule has 1 unspecified atom stereocenters. The number of non-ortho nitro benzene ring substituents is 1. The van der Waals surface area contributed by atoms with Crippen LogP contribution in [0.4, 0.5) is 5.69 Å². The van der Waals surface area contributed by atoms with Crippen molar-refractivity contribution >= 4 is 11.6 Å². The first-order valence-electron chi connectivity index (χ1n) is 8.41. The number of aliphatic hydroxyl groups is 1. The first-order chi connectivity index (χ1) is 11.5. The average Bonchev–Trinajstić information content (AvgIpc) is 3.02. The van der Waals surface area contributed by atoms with E-state index in [1.807, 2.05) is 0 Å². The summed E-state index contributed by atoms with van der Waals surface area (Å²) < 4.78 is 0. The number of carbonyl (C=O) groups is 1. The van der Waals surface area contributed by atoms with E-state index in [9.17, 15) is 20.0 Å². The Morgan fingerprint density at radius 3 is 2.96 bits per heavy atom. The number of nitro benzene ring substituents is 1. The number of aliphatic hydroxyl groups excluding tert-OH is 1. The van der Waals surface area contributed by atoms with Gasteiger partial charge in [-0.1, -0.05) is 6.07 Å². The van der Waals surface area contributed by atoms with Crippen molar-refractivity contribution in [3.63, 3.8) is 0 Å². The van der Waals surface area contributed by atoms with Gasteiger partial charge in [-0.3, -0.25) is 19.8 Å². The number of carbonyl (C=O) groups excluding carboxylic acids is 1. The first-order valence-corrected chi connectivity index (χ1v) is 8.41. The van der Waals surface area contributed by atoms with E-state index in [4.69, 9.17) is 0 Å². The second kappa shape index (κ2) is 8.75. The molecule has 0 radical (unpaired) electrons. The van der Waals surface area contributed by atoms with Gasteiger partial charge in [0, 0.05) is 30.3 Å². The number of nitrogens with zero attached hydrogens (tertiary/aromatic N) is 2. The van der Waals surface area contributed by atoms with Crippen molar-refractivity contribution in [1.82, 2.24) is 10.2 Å². The van der Waals surface area contributed by atoms with Gasteiger partial charge in [-0.25, -0.2) is 0 Å². The van der Waals surface area contributed by atoms with Crippen LogP contribution < -0.4 is 5.32 Å². The molecule has 2 rings (SSSR count). The van der Waals surface area contributed by atoms with Gasteiger partial charge in [0.2, 0.25) is 0 Å². The van der Waals surface area contributed by atoms with Crippen LogP contribution in [-0.4, -0.2) is 53.1 Å². The lowest BCUT2D eigenvalue weighted by molar-refractivity contribution is -0.384. The van der Waals surface area contributed by atoms with Gasteiger partial charge in [0.1, 0.15) is 0 Å². The lowest BCUT2D eigenvalue weighted by atomic mass is 10.1. The van der Waals surface area contributed by atoms with Gasteiger partial charge in [0.25, 0.3) is 11.6 Å². The molecule has 24 heavy (non-hydrogen) atoms. The summed E-state index contributed by atoms with van der Waals surface area (Å²) in [6.07, 6.45) is 3.98. The number of unbranched alkanes of at least 4 members (excludes halogenated alkanes) is 1. The monoisotopic (exact) mass is 335 g/mol. The molecule has 2 N–H and O–H groups in total. The first kappa shape index (κ1) is 18.4. The Kier molecular flexibility index (Phi) is 6.69. The zero-order chi connectivity index (χ0) is 17.5. The zero-order valence-electron chi connectivity index (χ0n) is 14.0. The lowest BCUT2D eigenvalue weighted by Crippen LogP contribution is -2.33. The molecule has 1 aliphatic heterocycles. The normalized spacial score (nSPS) is 17.8. The van der Waals surface area contributed by atoms with Crippen LogP contribution in [0.2, 0.25) is 0 Å². The molecule has 132 valence electrons. The highest BCUT2D eigenvalue weighted by Crippen LogP contribution is 2.18. The smallest absolute Gasteiger partial charge is 0.270 e. The van der Waals surface area contributed by atoms with Crippen LogP contribution in [0.15, 0.2) is 18.2 Å². The molecule has 1 aromatic carbocycles. The van der Waals surface area contributed by atoms with E-state index < -0.39 is 4.92 Å². The van der Waals surface area contributed by atoms with Crippen LogP contribution in [0.5, 0.6) is 0 Å². The Balaban J connectivity index is 1.75. The maximum absolute atomic E-state index is 12.2. The van der Waals surface area contributed by atoms with E-state index in [2.05, 4.69) is 10.2 Å². The predicted octanol–water partition coefficient (Wildman–Crippen LogP) is 1.87. The number of amides is 1. The van der Waals surface area contributed by atoms with Gasteiger partial charge in [0.05, 0.1) is 11.5 Å². The van der Waals surface area contributed by atoms with Crippen LogP contribution >= 0.6 is 0 Å². The fraction of sp³-hybridized carbons (Fsp3) is 0.588. The highest BCUT2D eigenvalue weighted by atomic mass is 16.6. The van der Waals surface area contributed by atoms with Gasteiger partial charge in [0.15, 0.2) is 0 Å². The highest BCUT2D eigenvalue weighted by Gasteiger charge is 2.22. The average molecular weight is 335 g/mol. The quantitative estimate of drug-likeness (QED) is 0.429. The SMILES string of the molecule is Cc1ccc([N+](=O)[O-])cc1C(=O)NCCCCN1CCCC1CO. The third-order valence-electron chi connectivity index (χ3n) is 4.54. The van der Waals surface area contributed by atoms with Crippen molar-refractivity contribution in [2.24, 2.45) is 0 Å². The van der Waals surface area contributed by atoms with Gasteiger partial charge < -0.3 is 10.4 Å². The molecular formula is C17H25N3O4. The Bertz CT molecular complexity index is 591. The van der Waals surface area contributed by atoms with Crippen molar-refractivity contribution in [2.45, 2.75) is 38.6 Å². The molecule has 1 atom stereocenters. The highest BCUT2D eigenvalue weighted by molar-refractivity contribution is 5.96. The van der Waals surface area contributed by atoms with Gasteiger partial charge in [-0.15, -0.1) is 0 Å². The minimum absolute atomic E-state index is 0.0742. The third kappa shape index (κ3) is 4.75. The summed E-state index contributed by atoms with van der Waals surface area (Å²) in [7, 11) is 0. The second-order valence-electron chi connectivity index (χ2n) is 6.23. The molecule has 0 aliphatic carbocycles. The molecule has 7 nitrogen and oxygen atoms in total. The number of hydrogen-bond acceptors (Lipinski definition) is 5. The molecule has 0 spiro atoms. The van der Waals surface area contributed by atoms with Crippen molar-refractivity contribution < 1.29 is 14.8 Å². The topological polar surface area (TPSA) is 95.7 Å². The van der Waals surface area contributed by atoms with Crippen molar-refractivity contribution in [3.8, 4) is 0 Å².